The molecular weight excluding hydrogens is 630 g/mol. The molecule has 1 N–H and O–H groups in total. The van der Waals surface area contributed by atoms with Crippen LogP contribution in [0.15, 0.2) is 105 Å². The third-order valence-electron chi connectivity index (χ3n) is 5.89. The highest BCUT2D eigenvalue weighted by atomic mass is 79.9. The minimum absolute atomic E-state index is 0.0756. The van der Waals surface area contributed by atoms with Gasteiger partial charge in [0.15, 0.2) is 11.5 Å². The molecule has 41 heavy (non-hydrogen) atoms. The van der Waals surface area contributed by atoms with Crippen molar-refractivity contribution in [3.8, 4) is 11.5 Å². The Labute approximate surface area is 252 Å². The first-order valence-electron chi connectivity index (χ1n) is 12.4. The molecule has 0 spiro atoms. The fraction of sp³-hybridized carbons (Fsp3) is 0.133. The van der Waals surface area contributed by atoms with Crippen LogP contribution in [0.2, 0.25) is 5.02 Å². The topological polar surface area (TPSA) is 97.3 Å². The fourth-order valence-electron chi connectivity index (χ4n) is 3.88. The lowest BCUT2D eigenvalue weighted by Crippen LogP contribution is -2.39. The quantitative estimate of drug-likeness (QED) is 0.150. The van der Waals surface area contributed by atoms with Gasteiger partial charge in [-0.2, -0.15) is 5.10 Å². The Morgan fingerprint density at radius 3 is 2.46 bits per heavy atom. The predicted molar refractivity (Wildman–Crippen MR) is 164 cm³/mol. The third-order valence-corrected chi connectivity index (χ3v) is 8.64. The van der Waals surface area contributed by atoms with Gasteiger partial charge in [0.1, 0.15) is 13.2 Å². The number of ether oxygens (including phenoxy) is 2. The average molecular weight is 657 g/mol. The molecule has 0 radical (unpaired) electrons. The summed E-state index contributed by atoms with van der Waals surface area (Å²) in [5.74, 6) is 0.306. The lowest BCUT2D eigenvalue weighted by Gasteiger charge is -2.24. The maximum absolute atomic E-state index is 13.4. The molecule has 4 rings (SSSR count). The van der Waals surface area contributed by atoms with E-state index >= 15 is 0 Å². The number of aryl methyl sites for hydroxylation is 1. The van der Waals surface area contributed by atoms with Gasteiger partial charge in [0.25, 0.3) is 15.9 Å². The number of carbonyl (C=O) groups excluding carboxylic acids is 1. The lowest BCUT2D eigenvalue weighted by molar-refractivity contribution is -0.119. The van der Waals surface area contributed by atoms with Gasteiger partial charge in [-0.3, -0.25) is 9.10 Å². The SMILES string of the molecule is COc1cc(/C=N\NC(=O)CN(c2cccc(C)c2)S(=O)(=O)c2ccccc2)cc(Br)c1OCc1ccccc1Cl. The zero-order valence-electron chi connectivity index (χ0n) is 22.3. The van der Waals surface area contributed by atoms with Gasteiger partial charge in [0.05, 0.1) is 28.4 Å². The summed E-state index contributed by atoms with van der Waals surface area (Å²) in [5, 5.41) is 4.63. The highest BCUT2D eigenvalue weighted by Gasteiger charge is 2.27. The van der Waals surface area contributed by atoms with Crippen molar-refractivity contribution in [1.29, 1.82) is 0 Å². The van der Waals surface area contributed by atoms with Crippen LogP contribution >= 0.6 is 27.5 Å². The fourth-order valence-corrected chi connectivity index (χ4v) is 6.08. The zero-order valence-corrected chi connectivity index (χ0v) is 25.4. The van der Waals surface area contributed by atoms with E-state index in [4.69, 9.17) is 21.1 Å². The minimum Gasteiger partial charge on any atom is -0.493 e. The number of nitrogens with zero attached hydrogens (tertiary/aromatic N) is 2. The number of rotatable bonds is 11. The van der Waals surface area contributed by atoms with Crippen LogP contribution < -0.4 is 19.2 Å². The van der Waals surface area contributed by atoms with Gasteiger partial charge in [-0.15, -0.1) is 0 Å². The molecule has 0 aromatic heterocycles. The molecule has 0 bridgehead atoms. The highest BCUT2D eigenvalue weighted by Crippen LogP contribution is 2.37. The third kappa shape index (κ3) is 7.66. The molecule has 11 heteroatoms. The van der Waals surface area contributed by atoms with E-state index in [9.17, 15) is 13.2 Å². The molecule has 0 aliphatic rings. The molecule has 0 fully saturated rings. The number of amides is 1. The number of benzene rings is 4. The Balaban J connectivity index is 1.48. The molecule has 0 saturated heterocycles. The van der Waals surface area contributed by atoms with Gasteiger partial charge >= 0.3 is 0 Å². The molecular formula is C30H27BrClN3O5S. The summed E-state index contributed by atoms with van der Waals surface area (Å²) in [6.07, 6.45) is 1.42. The lowest BCUT2D eigenvalue weighted by atomic mass is 10.2. The zero-order chi connectivity index (χ0) is 29.4. The molecule has 0 aliphatic heterocycles. The maximum atomic E-state index is 13.4. The Kier molecular flexibility index (Phi) is 10.0. The molecule has 1 amide bonds. The van der Waals surface area contributed by atoms with Crippen LogP contribution in [-0.2, 0) is 21.4 Å². The first-order chi connectivity index (χ1) is 19.7. The van der Waals surface area contributed by atoms with Crippen LogP contribution in [0.5, 0.6) is 11.5 Å². The number of hydrogen-bond donors (Lipinski definition) is 1. The van der Waals surface area contributed by atoms with E-state index < -0.39 is 22.5 Å². The van der Waals surface area contributed by atoms with E-state index in [1.807, 2.05) is 31.2 Å². The molecule has 0 atom stereocenters. The van der Waals surface area contributed by atoms with Crippen molar-refractivity contribution in [3.05, 3.63) is 117 Å². The van der Waals surface area contributed by atoms with Gasteiger partial charge in [-0.1, -0.05) is 60.1 Å². The van der Waals surface area contributed by atoms with E-state index in [0.717, 1.165) is 15.4 Å². The summed E-state index contributed by atoms with van der Waals surface area (Å²) in [6.45, 7) is 1.61. The minimum atomic E-state index is -4.02. The summed E-state index contributed by atoms with van der Waals surface area (Å²) in [6, 6.07) is 25.7. The van der Waals surface area contributed by atoms with Crippen molar-refractivity contribution < 1.29 is 22.7 Å². The smallest absolute Gasteiger partial charge is 0.264 e. The number of nitrogens with one attached hydrogen (secondary N) is 1. The van der Waals surface area contributed by atoms with Crippen molar-refractivity contribution in [1.82, 2.24) is 5.43 Å². The van der Waals surface area contributed by atoms with Gasteiger partial charge < -0.3 is 9.47 Å². The van der Waals surface area contributed by atoms with E-state index in [1.165, 1.54) is 25.5 Å². The number of hydrazone groups is 1. The summed E-state index contributed by atoms with van der Waals surface area (Å²) >= 11 is 9.73. The number of halogens is 2. The standard InChI is InChI=1S/C30H27BrClN3O5S/c1-21-9-8-11-24(15-21)35(41(37,38)25-12-4-3-5-13-25)19-29(36)34-33-18-22-16-26(31)30(28(17-22)39-2)40-20-23-10-6-7-14-27(23)32/h3-18H,19-20H2,1-2H3,(H,34,36)/b33-18-. The first-order valence-corrected chi connectivity index (χ1v) is 15.0. The van der Waals surface area contributed by atoms with Crippen molar-refractivity contribution in [3.63, 3.8) is 0 Å². The number of anilines is 1. The second-order valence-corrected chi connectivity index (χ2v) is 12.0. The van der Waals surface area contributed by atoms with Gasteiger partial charge in [-0.25, -0.2) is 13.8 Å². The van der Waals surface area contributed by atoms with Gasteiger partial charge in [0.2, 0.25) is 0 Å². The highest BCUT2D eigenvalue weighted by molar-refractivity contribution is 9.10. The summed E-state index contributed by atoms with van der Waals surface area (Å²) in [5.41, 5.74) is 5.07. The van der Waals surface area contributed by atoms with Crippen LogP contribution in [0.1, 0.15) is 16.7 Å². The van der Waals surface area contributed by atoms with Crippen LogP contribution in [-0.4, -0.2) is 34.2 Å². The normalized spacial score (nSPS) is 11.3. The Morgan fingerprint density at radius 1 is 1.02 bits per heavy atom. The molecule has 0 heterocycles. The largest absolute Gasteiger partial charge is 0.493 e. The number of sulfonamides is 1. The van der Waals surface area contributed by atoms with Crippen molar-refractivity contribution in [2.45, 2.75) is 18.4 Å². The van der Waals surface area contributed by atoms with Crippen molar-refractivity contribution in [2.75, 3.05) is 18.0 Å². The van der Waals surface area contributed by atoms with Crippen LogP contribution in [0.25, 0.3) is 0 Å². The van der Waals surface area contributed by atoms with Gasteiger partial charge in [-0.05, 0) is 76.4 Å². The van der Waals surface area contributed by atoms with Gasteiger partial charge in [0, 0.05) is 10.6 Å². The first kappa shape index (κ1) is 30.1. The van der Waals surface area contributed by atoms with Crippen LogP contribution in [0.3, 0.4) is 0 Å². The Bertz CT molecular complexity index is 1670. The average Bonchev–Trinajstić information content (AvgIpc) is 2.96. The summed E-state index contributed by atoms with van der Waals surface area (Å²) in [7, 11) is -2.50. The molecule has 4 aromatic carbocycles. The monoisotopic (exact) mass is 655 g/mol. The van der Waals surface area contributed by atoms with Crippen molar-refractivity contribution >= 4 is 55.4 Å². The van der Waals surface area contributed by atoms with Crippen LogP contribution in [0.4, 0.5) is 5.69 Å². The van der Waals surface area contributed by atoms with E-state index in [-0.39, 0.29) is 11.5 Å². The molecule has 0 unspecified atom stereocenters. The predicted octanol–water partition coefficient (Wildman–Crippen LogP) is 6.34. The second-order valence-electron chi connectivity index (χ2n) is 8.87. The molecule has 8 nitrogen and oxygen atoms in total. The Hall–Kier alpha value is -3.86. The van der Waals surface area contributed by atoms with E-state index in [0.29, 0.717) is 32.2 Å². The second kappa shape index (κ2) is 13.7. The molecule has 4 aromatic rings. The molecule has 212 valence electrons. The number of methoxy groups -OCH3 is 1. The maximum Gasteiger partial charge on any atom is 0.264 e. The van der Waals surface area contributed by atoms with E-state index in [1.54, 1.807) is 54.6 Å². The number of hydrogen-bond acceptors (Lipinski definition) is 6. The van der Waals surface area contributed by atoms with E-state index in [2.05, 4.69) is 26.5 Å². The van der Waals surface area contributed by atoms with Crippen molar-refractivity contribution in [2.24, 2.45) is 5.10 Å². The summed E-state index contributed by atoms with van der Waals surface area (Å²) in [4.78, 5) is 13.0. The molecule has 0 aliphatic carbocycles. The van der Waals surface area contributed by atoms with Crippen LogP contribution in [0, 0.1) is 6.92 Å². The number of carbonyl (C=O) groups is 1. The Morgan fingerprint density at radius 2 is 1.76 bits per heavy atom. The summed E-state index contributed by atoms with van der Waals surface area (Å²) < 4.78 is 40.0. The molecule has 0 saturated carbocycles.